The van der Waals surface area contributed by atoms with E-state index in [0.717, 1.165) is 11.4 Å². The topological polar surface area (TPSA) is 89.5 Å². The number of amides is 1. The van der Waals surface area contributed by atoms with Gasteiger partial charge in [-0.1, -0.05) is 36.5 Å². The fourth-order valence-electron chi connectivity index (χ4n) is 3.10. The lowest BCUT2D eigenvalue weighted by Gasteiger charge is -2.32. The highest BCUT2D eigenvalue weighted by molar-refractivity contribution is 7.15. The molecule has 1 amide bonds. The summed E-state index contributed by atoms with van der Waals surface area (Å²) in [5.74, 6) is -0.0350. The maximum absolute atomic E-state index is 13.7. The van der Waals surface area contributed by atoms with Crippen molar-refractivity contribution in [2.75, 3.05) is 31.6 Å². The molecule has 31 heavy (non-hydrogen) atoms. The summed E-state index contributed by atoms with van der Waals surface area (Å²) < 4.78 is 24.9. The maximum atomic E-state index is 13.7. The Morgan fingerprint density at radius 3 is 2.97 bits per heavy atom. The Morgan fingerprint density at radius 2 is 2.16 bits per heavy atom. The zero-order chi connectivity index (χ0) is 21.6. The third kappa shape index (κ3) is 5.33. The first kappa shape index (κ1) is 21.1. The van der Waals surface area contributed by atoms with E-state index < -0.39 is 5.82 Å². The van der Waals surface area contributed by atoms with E-state index >= 15 is 0 Å². The van der Waals surface area contributed by atoms with Crippen LogP contribution in [0.4, 0.5) is 15.3 Å². The number of ether oxygens (including phenoxy) is 2. The van der Waals surface area contributed by atoms with Gasteiger partial charge in [0.1, 0.15) is 16.9 Å². The van der Waals surface area contributed by atoms with Gasteiger partial charge in [-0.2, -0.15) is 0 Å². The number of carbonyl (C=O) groups excluding carboxylic acids is 1. The zero-order valence-corrected chi connectivity index (χ0v) is 17.8. The van der Waals surface area contributed by atoms with Crippen molar-refractivity contribution in [1.82, 2.24) is 20.1 Å². The number of aromatic nitrogens is 3. The number of hydrogen-bond donors (Lipinski definition) is 1. The van der Waals surface area contributed by atoms with E-state index in [2.05, 4.69) is 20.5 Å². The van der Waals surface area contributed by atoms with Gasteiger partial charge >= 0.3 is 0 Å². The van der Waals surface area contributed by atoms with Crippen molar-refractivity contribution < 1.29 is 18.7 Å². The molecule has 1 saturated heterocycles. The second-order valence-corrected chi connectivity index (χ2v) is 7.91. The molecule has 2 aromatic heterocycles. The lowest BCUT2D eigenvalue weighted by atomic mass is 10.2. The van der Waals surface area contributed by atoms with E-state index in [1.807, 2.05) is 25.1 Å². The number of halogens is 1. The van der Waals surface area contributed by atoms with Crippen LogP contribution < -0.4 is 10.1 Å². The molecule has 1 aliphatic heterocycles. The van der Waals surface area contributed by atoms with Crippen LogP contribution >= 0.6 is 11.3 Å². The first-order valence-electron chi connectivity index (χ1n) is 9.95. The van der Waals surface area contributed by atoms with Crippen LogP contribution in [-0.4, -0.2) is 52.3 Å². The maximum Gasteiger partial charge on any atom is 0.260 e. The molecule has 1 atom stereocenters. The lowest BCUT2D eigenvalue weighted by molar-refractivity contribution is -0.141. The van der Waals surface area contributed by atoms with Gasteiger partial charge in [-0.05, 0) is 30.7 Å². The Kier molecular flexibility index (Phi) is 6.68. The van der Waals surface area contributed by atoms with Crippen LogP contribution in [0.2, 0.25) is 0 Å². The molecule has 3 aromatic rings. The zero-order valence-electron chi connectivity index (χ0n) is 17.0. The normalized spacial score (nSPS) is 16.2. The molecule has 0 spiro atoms. The quantitative estimate of drug-likeness (QED) is 0.599. The third-order valence-electron chi connectivity index (χ3n) is 4.71. The summed E-state index contributed by atoms with van der Waals surface area (Å²) in [6.45, 7) is 2.95. The largest absolute Gasteiger partial charge is 0.481 e. The highest BCUT2D eigenvalue weighted by atomic mass is 32.1. The number of carbonyl (C=O) groups is 1. The van der Waals surface area contributed by atoms with Crippen molar-refractivity contribution in [1.29, 1.82) is 0 Å². The van der Waals surface area contributed by atoms with Gasteiger partial charge in [-0.3, -0.25) is 4.79 Å². The fraction of sp³-hybridized carbons (Fsp3) is 0.333. The average Bonchev–Trinajstić information content (AvgIpc) is 3.26. The number of nitrogens with one attached hydrogen (secondary N) is 1. The van der Waals surface area contributed by atoms with Crippen LogP contribution in [0.25, 0.3) is 0 Å². The SMILES string of the molecule is CCc1nnc(Nc2cccc([C@H]3CN(C(=O)COc4ccccc4F)CCO3)n2)s1. The first-order chi connectivity index (χ1) is 15.1. The number of pyridine rings is 1. The molecule has 3 heterocycles. The number of aryl methyl sites for hydroxylation is 1. The highest BCUT2D eigenvalue weighted by Crippen LogP contribution is 2.25. The molecular formula is C21H22FN5O3S. The molecule has 1 fully saturated rings. The average molecular weight is 444 g/mol. The van der Waals surface area contributed by atoms with Gasteiger partial charge in [-0.15, -0.1) is 10.2 Å². The summed E-state index contributed by atoms with van der Waals surface area (Å²) in [4.78, 5) is 18.8. The molecule has 0 radical (unpaired) electrons. The first-order valence-corrected chi connectivity index (χ1v) is 10.8. The van der Waals surface area contributed by atoms with Crippen molar-refractivity contribution in [3.05, 3.63) is 59.0 Å². The number of anilines is 2. The smallest absolute Gasteiger partial charge is 0.260 e. The number of rotatable bonds is 7. The summed E-state index contributed by atoms with van der Waals surface area (Å²) in [5, 5.41) is 13.0. The predicted molar refractivity (Wildman–Crippen MR) is 114 cm³/mol. The minimum atomic E-state index is -0.495. The monoisotopic (exact) mass is 443 g/mol. The van der Waals surface area contributed by atoms with Gasteiger partial charge in [0.25, 0.3) is 5.91 Å². The van der Waals surface area contributed by atoms with Crippen LogP contribution in [0.15, 0.2) is 42.5 Å². The fourth-order valence-corrected chi connectivity index (χ4v) is 3.79. The predicted octanol–water partition coefficient (Wildman–Crippen LogP) is 3.36. The van der Waals surface area contributed by atoms with Crippen LogP contribution in [0.3, 0.4) is 0 Å². The summed E-state index contributed by atoms with van der Waals surface area (Å²) in [7, 11) is 0. The van der Waals surface area contributed by atoms with E-state index in [0.29, 0.717) is 36.3 Å². The molecule has 1 N–H and O–H groups in total. The van der Waals surface area contributed by atoms with Crippen LogP contribution in [0, 0.1) is 5.82 Å². The number of nitrogens with zero attached hydrogens (tertiary/aromatic N) is 4. The Labute approximate surface area is 183 Å². The van der Waals surface area contributed by atoms with E-state index in [4.69, 9.17) is 9.47 Å². The molecule has 1 aromatic carbocycles. The summed E-state index contributed by atoms with van der Waals surface area (Å²) >= 11 is 1.48. The number of hydrogen-bond acceptors (Lipinski definition) is 8. The molecule has 4 rings (SSSR count). The van der Waals surface area contributed by atoms with Crippen molar-refractivity contribution in [2.24, 2.45) is 0 Å². The molecule has 10 heteroatoms. The van der Waals surface area contributed by atoms with Crippen molar-refractivity contribution >= 4 is 28.2 Å². The Bertz CT molecular complexity index is 1050. The molecule has 8 nitrogen and oxygen atoms in total. The molecule has 0 unspecified atom stereocenters. The van der Waals surface area contributed by atoms with Crippen molar-refractivity contribution in [3.63, 3.8) is 0 Å². The number of morpholine rings is 1. The molecule has 0 bridgehead atoms. The van der Waals surface area contributed by atoms with Gasteiger partial charge in [0.15, 0.2) is 18.2 Å². The van der Waals surface area contributed by atoms with E-state index in [9.17, 15) is 9.18 Å². The Morgan fingerprint density at radius 1 is 1.29 bits per heavy atom. The third-order valence-corrected chi connectivity index (χ3v) is 5.69. The van der Waals surface area contributed by atoms with Crippen LogP contribution in [0.5, 0.6) is 5.75 Å². The summed E-state index contributed by atoms with van der Waals surface area (Å²) in [5.41, 5.74) is 0.706. The van der Waals surface area contributed by atoms with Gasteiger partial charge in [-0.25, -0.2) is 9.37 Å². The van der Waals surface area contributed by atoms with Gasteiger partial charge < -0.3 is 19.7 Å². The van der Waals surface area contributed by atoms with E-state index in [1.54, 1.807) is 17.0 Å². The second-order valence-electron chi connectivity index (χ2n) is 6.85. The van der Waals surface area contributed by atoms with Gasteiger partial charge in [0.2, 0.25) is 5.13 Å². The second kappa shape index (κ2) is 9.80. The van der Waals surface area contributed by atoms with E-state index in [-0.39, 0.29) is 24.4 Å². The Hall–Kier alpha value is -3.11. The van der Waals surface area contributed by atoms with E-state index in [1.165, 1.54) is 23.5 Å². The highest BCUT2D eigenvalue weighted by Gasteiger charge is 2.27. The lowest BCUT2D eigenvalue weighted by Crippen LogP contribution is -2.44. The van der Waals surface area contributed by atoms with Gasteiger partial charge in [0.05, 0.1) is 18.8 Å². The summed E-state index contributed by atoms with van der Waals surface area (Å²) in [6, 6.07) is 11.6. The molecule has 162 valence electrons. The van der Waals surface area contributed by atoms with Gasteiger partial charge in [0, 0.05) is 6.54 Å². The molecule has 0 saturated carbocycles. The van der Waals surface area contributed by atoms with Crippen LogP contribution in [0.1, 0.15) is 23.7 Å². The standard InChI is InChI=1S/C21H22FN5O3S/c1-2-19-25-26-21(31-19)24-18-9-5-7-15(23-18)17-12-27(10-11-29-17)20(28)13-30-16-8-4-3-6-14(16)22/h3-9,17H,2,10-13H2,1H3,(H,23,24,26)/t17-/m1/s1. The number of benzene rings is 1. The van der Waals surface area contributed by atoms with Crippen LogP contribution in [-0.2, 0) is 16.0 Å². The molecule has 1 aliphatic rings. The minimum absolute atomic E-state index is 0.0593. The Balaban J connectivity index is 1.37. The van der Waals surface area contributed by atoms with Crippen molar-refractivity contribution in [2.45, 2.75) is 19.4 Å². The number of para-hydroxylation sites is 1. The molecule has 0 aliphatic carbocycles. The minimum Gasteiger partial charge on any atom is -0.481 e. The molecular weight excluding hydrogens is 421 g/mol. The summed E-state index contributed by atoms with van der Waals surface area (Å²) in [6.07, 6.45) is 0.460. The van der Waals surface area contributed by atoms with Crippen molar-refractivity contribution in [3.8, 4) is 5.75 Å².